The summed E-state index contributed by atoms with van der Waals surface area (Å²) >= 11 is 0. The molecule has 3 aliphatic rings. The summed E-state index contributed by atoms with van der Waals surface area (Å²) in [6.07, 6.45) is 3.64. The van der Waals surface area contributed by atoms with Crippen LogP contribution >= 0.6 is 0 Å². The molecular weight excluding hydrogens is 256 g/mol. The fourth-order valence-corrected chi connectivity index (χ4v) is 5.17. The van der Waals surface area contributed by atoms with E-state index in [4.69, 9.17) is 9.47 Å². The molecule has 0 spiro atoms. The molecule has 0 unspecified atom stereocenters. The molecule has 2 aliphatic carbocycles. The van der Waals surface area contributed by atoms with E-state index < -0.39 is 25.1 Å². The van der Waals surface area contributed by atoms with E-state index in [-0.39, 0.29) is 6.61 Å². The van der Waals surface area contributed by atoms with Crippen LogP contribution in [0.3, 0.4) is 0 Å². The van der Waals surface area contributed by atoms with E-state index in [0.29, 0.717) is 31.4 Å². The number of ether oxygens (including phenoxy) is 2. The highest BCUT2D eigenvalue weighted by Crippen LogP contribution is 2.60. The minimum Gasteiger partial charge on any atom is -0.457 e. The van der Waals surface area contributed by atoms with E-state index in [9.17, 15) is 13.5 Å². The quantitative estimate of drug-likeness (QED) is 0.830. The van der Waals surface area contributed by atoms with Crippen molar-refractivity contribution < 1.29 is 23.0 Å². The third-order valence-corrected chi connectivity index (χ3v) is 7.45. The minimum absolute atomic E-state index is 0.297. The number of aliphatic hydroxyl groups is 1. The summed E-state index contributed by atoms with van der Waals surface area (Å²) in [6, 6.07) is 0. The molecule has 0 aromatic rings. The smallest absolute Gasteiger partial charge is 0.244 e. The second-order valence-electron chi connectivity index (χ2n) is 5.94. The third-order valence-electron chi connectivity index (χ3n) is 4.14. The van der Waals surface area contributed by atoms with Crippen LogP contribution in [0.4, 0.5) is 0 Å². The van der Waals surface area contributed by atoms with Crippen LogP contribution in [0.5, 0.6) is 0 Å². The van der Waals surface area contributed by atoms with Gasteiger partial charge >= 0.3 is 0 Å². The van der Waals surface area contributed by atoms with Crippen LogP contribution in [-0.4, -0.2) is 35.4 Å². The molecule has 2 fully saturated rings. The van der Waals surface area contributed by atoms with Crippen LogP contribution in [0.1, 0.15) is 39.5 Å². The second kappa shape index (κ2) is 3.22. The van der Waals surface area contributed by atoms with Gasteiger partial charge in [-0.2, -0.15) is 0 Å². The first kappa shape index (κ1) is 12.3. The Kier molecular flexibility index (Phi) is 2.20. The van der Waals surface area contributed by atoms with Crippen molar-refractivity contribution in [2.24, 2.45) is 0 Å². The molecule has 102 valence electrons. The van der Waals surface area contributed by atoms with Crippen molar-refractivity contribution in [2.45, 2.75) is 54.8 Å². The Morgan fingerprint density at radius 1 is 1.28 bits per heavy atom. The zero-order chi connectivity index (χ0) is 13.2. The van der Waals surface area contributed by atoms with Crippen LogP contribution in [0.15, 0.2) is 12.0 Å². The van der Waals surface area contributed by atoms with Crippen molar-refractivity contribution in [1.29, 1.82) is 0 Å². The highest BCUT2D eigenvalue weighted by molar-refractivity contribution is 7.95. The number of hydrogen-bond acceptors (Lipinski definition) is 5. The zero-order valence-corrected chi connectivity index (χ0v) is 11.4. The van der Waals surface area contributed by atoms with Crippen molar-refractivity contribution in [1.82, 2.24) is 0 Å². The highest BCUT2D eigenvalue weighted by Gasteiger charge is 2.70. The maximum Gasteiger partial charge on any atom is 0.244 e. The number of rotatable bonds is 4. The fourth-order valence-electron chi connectivity index (χ4n) is 2.54. The first-order valence-corrected chi connectivity index (χ1v) is 7.70. The Hall–Kier alpha value is -0.750. The Balaban J connectivity index is 1.93. The average molecular weight is 274 g/mol. The van der Waals surface area contributed by atoms with E-state index in [2.05, 4.69) is 0 Å². The lowest BCUT2D eigenvalue weighted by Crippen LogP contribution is -2.40. The molecule has 0 saturated heterocycles. The Morgan fingerprint density at radius 2 is 1.89 bits per heavy atom. The molecular formula is C12H18O5S. The first-order valence-electron chi connectivity index (χ1n) is 6.21. The molecule has 18 heavy (non-hydrogen) atoms. The molecule has 1 N–H and O–H groups in total. The molecule has 0 amide bonds. The van der Waals surface area contributed by atoms with Gasteiger partial charge in [0, 0.05) is 13.8 Å². The molecule has 2 saturated carbocycles. The summed E-state index contributed by atoms with van der Waals surface area (Å²) in [7, 11) is -3.42. The number of sulfone groups is 1. The SMILES string of the molecule is CC1(C)OC=C(C2(S(=O)(=O)C3(CO)CC3)CC2)O1. The van der Waals surface area contributed by atoms with Gasteiger partial charge in [-0.3, -0.25) is 0 Å². The summed E-state index contributed by atoms with van der Waals surface area (Å²) in [5.41, 5.74) is 0. The van der Waals surface area contributed by atoms with Gasteiger partial charge in [-0.25, -0.2) is 8.42 Å². The van der Waals surface area contributed by atoms with Gasteiger partial charge in [-0.15, -0.1) is 0 Å². The molecule has 1 heterocycles. The van der Waals surface area contributed by atoms with Gasteiger partial charge in [0.2, 0.25) is 5.79 Å². The Bertz CT molecular complexity index is 509. The third kappa shape index (κ3) is 1.39. The van der Waals surface area contributed by atoms with Crippen molar-refractivity contribution in [3.63, 3.8) is 0 Å². The summed E-state index contributed by atoms with van der Waals surface area (Å²) in [5, 5.41) is 9.36. The van der Waals surface area contributed by atoms with E-state index in [0.717, 1.165) is 0 Å². The predicted molar refractivity (Wildman–Crippen MR) is 64.3 cm³/mol. The maximum atomic E-state index is 12.7. The average Bonchev–Trinajstić information content (AvgIpc) is 3.18. The summed E-state index contributed by atoms with van der Waals surface area (Å²) in [6.45, 7) is 3.20. The highest BCUT2D eigenvalue weighted by atomic mass is 32.2. The largest absolute Gasteiger partial charge is 0.457 e. The molecule has 1 aliphatic heterocycles. The molecule has 0 atom stereocenters. The van der Waals surface area contributed by atoms with Gasteiger partial charge in [-0.1, -0.05) is 0 Å². The predicted octanol–water partition coefficient (Wildman–Crippen LogP) is 1.08. The molecule has 0 aromatic carbocycles. The summed E-state index contributed by atoms with van der Waals surface area (Å²) in [5.74, 6) is -0.386. The van der Waals surface area contributed by atoms with Gasteiger partial charge in [0.05, 0.1) is 11.4 Å². The normalized spacial score (nSPS) is 30.1. The Labute approximate surface area is 107 Å². The Morgan fingerprint density at radius 3 is 2.22 bits per heavy atom. The van der Waals surface area contributed by atoms with Crippen LogP contribution in [0, 0.1) is 0 Å². The molecule has 0 radical (unpaired) electrons. The lowest BCUT2D eigenvalue weighted by Gasteiger charge is -2.25. The maximum absolute atomic E-state index is 12.7. The molecule has 6 heteroatoms. The van der Waals surface area contributed by atoms with Crippen molar-refractivity contribution in [3.05, 3.63) is 12.0 Å². The van der Waals surface area contributed by atoms with E-state index in [1.807, 2.05) is 0 Å². The number of aliphatic hydroxyl groups excluding tert-OH is 1. The van der Waals surface area contributed by atoms with Crippen molar-refractivity contribution >= 4 is 9.84 Å². The summed E-state index contributed by atoms with van der Waals surface area (Å²) < 4.78 is 34.4. The second-order valence-corrected chi connectivity index (χ2v) is 8.60. The van der Waals surface area contributed by atoms with E-state index in [1.54, 1.807) is 13.8 Å². The molecule has 0 bridgehead atoms. The van der Waals surface area contributed by atoms with Crippen LogP contribution < -0.4 is 0 Å². The van der Waals surface area contributed by atoms with E-state index in [1.165, 1.54) is 6.26 Å². The van der Waals surface area contributed by atoms with Gasteiger partial charge in [0.1, 0.15) is 11.0 Å². The van der Waals surface area contributed by atoms with E-state index >= 15 is 0 Å². The lowest BCUT2D eigenvalue weighted by molar-refractivity contribution is -0.117. The number of hydrogen-bond donors (Lipinski definition) is 1. The lowest BCUT2D eigenvalue weighted by atomic mass is 10.3. The van der Waals surface area contributed by atoms with Crippen LogP contribution in [0.25, 0.3) is 0 Å². The topological polar surface area (TPSA) is 72.8 Å². The standard InChI is InChI=1S/C12H18O5S/c1-10(2)16-7-9(17-10)12(5-6-12)18(14,15)11(8-13)3-4-11/h7,13H,3-6,8H2,1-2H3. The van der Waals surface area contributed by atoms with Crippen LogP contribution in [-0.2, 0) is 19.3 Å². The van der Waals surface area contributed by atoms with Gasteiger partial charge in [0.25, 0.3) is 0 Å². The van der Waals surface area contributed by atoms with Crippen LogP contribution in [0.2, 0.25) is 0 Å². The van der Waals surface area contributed by atoms with Gasteiger partial charge < -0.3 is 14.6 Å². The minimum atomic E-state index is -3.42. The van der Waals surface area contributed by atoms with Crippen molar-refractivity contribution in [3.8, 4) is 0 Å². The summed E-state index contributed by atoms with van der Waals surface area (Å²) in [4.78, 5) is 0. The molecule has 3 rings (SSSR count). The first-order chi connectivity index (χ1) is 8.29. The van der Waals surface area contributed by atoms with Crippen molar-refractivity contribution in [2.75, 3.05) is 6.61 Å². The fraction of sp³-hybridized carbons (Fsp3) is 0.833. The zero-order valence-electron chi connectivity index (χ0n) is 10.6. The monoisotopic (exact) mass is 274 g/mol. The molecule has 5 nitrogen and oxygen atoms in total. The van der Waals surface area contributed by atoms with Gasteiger partial charge in [0.15, 0.2) is 15.6 Å². The van der Waals surface area contributed by atoms with Gasteiger partial charge in [-0.05, 0) is 25.7 Å². The molecule has 0 aromatic heterocycles.